The van der Waals surface area contributed by atoms with Crippen molar-refractivity contribution in [2.75, 3.05) is 19.8 Å². The van der Waals surface area contributed by atoms with Crippen molar-refractivity contribution in [3.05, 3.63) is 0 Å². The highest BCUT2D eigenvalue weighted by Gasteiger charge is 2.51. The van der Waals surface area contributed by atoms with Crippen molar-refractivity contribution in [2.45, 2.75) is 92.1 Å². The van der Waals surface area contributed by atoms with E-state index in [1.165, 1.54) is 0 Å². The van der Waals surface area contributed by atoms with Crippen LogP contribution in [0.4, 0.5) is 0 Å². The van der Waals surface area contributed by atoms with Gasteiger partial charge in [-0.05, 0) is 0 Å². The first kappa shape index (κ1) is 27.9. The zero-order valence-corrected chi connectivity index (χ0v) is 17.7. The van der Waals surface area contributed by atoms with Gasteiger partial charge in [0.15, 0.2) is 18.9 Å². The van der Waals surface area contributed by atoms with Crippen LogP contribution in [0.5, 0.6) is 0 Å². The Kier molecular flexibility index (Phi) is 9.54. The van der Waals surface area contributed by atoms with Gasteiger partial charge < -0.3 is 79.9 Å². The quantitative estimate of drug-likeness (QED) is 0.154. The number of rotatable bonds is 7. The first-order valence-electron chi connectivity index (χ1n) is 10.6. The van der Waals surface area contributed by atoms with E-state index in [1.807, 2.05) is 0 Å². The zero-order chi connectivity index (χ0) is 25.3. The van der Waals surface area contributed by atoms with E-state index < -0.39 is 112 Å². The molecule has 3 rings (SSSR count). The van der Waals surface area contributed by atoms with E-state index in [2.05, 4.69) is 0 Å². The molecule has 0 amide bonds. The molecule has 3 saturated heterocycles. The minimum atomic E-state index is -1.93. The molecule has 34 heavy (non-hydrogen) atoms. The molecule has 0 unspecified atom stereocenters. The summed E-state index contributed by atoms with van der Waals surface area (Å²) in [5, 5.41) is 109. The highest BCUT2D eigenvalue weighted by atomic mass is 16.7. The topological polar surface area (TPSA) is 269 Å². The molecule has 3 aliphatic rings. The number of aliphatic hydroxyl groups is 11. The average Bonchev–Trinajstić information content (AvgIpc) is 2.82. The van der Waals surface area contributed by atoms with Gasteiger partial charge in [0.05, 0.1) is 19.8 Å². The Bertz CT molecular complexity index is 637. The number of hydrogen-bond donors (Lipinski definition) is 11. The van der Waals surface area contributed by atoms with Crippen LogP contribution in [-0.4, -0.2) is 168 Å². The first-order valence-corrected chi connectivity index (χ1v) is 10.6. The molecule has 16 nitrogen and oxygen atoms in total. The average molecular weight is 504 g/mol. The molecule has 3 fully saturated rings. The summed E-state index contributed by atoms with van der Waals surface area (Å²) in [5.41, 5.74) is 0. The van der Waals surface area contributed by atoms with Gasteiger partial charge >= 0.3 is 0 Å². The zero-order valence-electron chi connectivity index (χ0n) is 17.7. The van der Waals surface area contributed by atoms with E-state index in [4.69, 9.17) is 23.7 Å². The third-order valence-electron chi connectivity index (χ3n) is 6.07. The summed E-state index contributed by atoms with van der Waals surface area (Å²) in [6.45, 7) is -2.06. The molecule has 0 aromatic rings. The normalized spacial score (nSPS) is 52.5. The molecule has 0 saturated carbocycles. The van der Waals surface area contributed by atoms with Crippen molar-refractivity contribution in [1.82, 2.24) is 0 Å². The van der Waals surface area contributed by atoms with Gasteiger partial charge in [-0.15, -0.1) is 0 Å². The maximum Gasteiger partial charge on any atom is 0.187 e. The lowest BCUT2D eigenvalue weighted by atomic mass is 9.97. The smallest absolute Gasteiger partial charge is 0.187 e. The maximum atomic E-state index is 10.6. The summed E-state index contributed by atoms with van der Waals surface area (Å²) < 4.78 is 26.1. The van der Waals surface area contributed by atoms with Crippen LogP contribution < -0.4 is 0 Å². The lowest BCUT2D eigenvalue weighted by Crippen LogP contribution is -2.65. The molecule has 3 aliphatic heterocycles. The van der Waals surface area contributed by atoms with Crippen LogP contribution >= 0.6 is 0 Å². The third kappa shape index (κ3) is 5.52. The summed E-state index contributed by atoms with van der Waals surface area (Å²) in [6, 6.07) is 0. The van der Waals surface area contributed by atoms with E-state index in [0.717, 1.165) is 0 Å². The second-order valence-corrected chi connectivity index (χ2v) is 8.37. The lowest BCUT2D eigenvalue weighted by molar-refractivity contribution is -0.361. The van der Waals surface area contributed by atoms with Crippen molar-refractivity contribution in [3.8, 4) is 0 Å². The molecular formula is C18H32O16. The van der Waals surface area contributed by atoms with Crippen LogP contribution in [-0.2, 0) is 23.7 Å². The summed E-state index contributed by atoms with van der Waals surface area (Å²) in [4.78, 5) is 0. The van der Waals surface area contributed by atoms with Crippen molar-refractivity contribution in [3.63, 3.8) is 0 Å². The van der Waals surface area contributed by atoms with Crippen molar-refractivity contribution in [2.24, 2.45) is 0 Å². The van der Waals surface area contributed by atoms with Gasteiger partial charge in [0.2, 0.25) is 0 Å². The van der Waals surface area contributed by atoms with Gasteiger partial charge in [-0.25, -0.2) is 0 Å². The second-order valence-electron chi connectivity index (χ2n) is 8.37. The Hall–Kier alpha value is -0.640. The van der Waals surface area contributed by atoms with E-state index in [9.17, 15) is 56.2 Å². The van der Waals surface area contributed by atoms with E-state index in [0.29, 0.717) is 0 Å². The molecule has 0 aromatic carbocycles. The number of ether oxygens (including phenoxy) is 5. The van der Waals surface area contributed by atoms with Crippen LogP contribution in [0.15, 0.2) is 0 Å². The summed E-state index contributed by atoms with van der Waals surface area (Å²) in [5.74, 6) is 0. The van der Waals surface area contributed by atoms with Crippen LogP contribution in [0.1, 0.15) is 0 Å². The number of hydrogen-bond acceptors (Lipinski definition) is 16. The molecule has 3 heterocycles. The van der Waals surface area contributed by atoms with Crippen molar-refractivity contribution < 1.29 is 79.9 Å². The molecule has 200 valence electrons. The molecule has 11 N–H and O–H groups in total. The summed E-state index contributed by atoms with van der Waals surface area (Å²) in [6.07, 6.45) is -24.9. The fourth-order valence-corrected chi connectivity index (χ4v) is 3.94. The molecule has 0 bridgehead atoms. The van der Waals surface area contributed by atoms with Crippen LogP contribution in [0.25, 0.3) is 0 Å². The Labute approximate surface area is 192 Å². The van der Waals surface area contributed by atoms with Gasteiger partial charge in [-0.1, -0.05) is 0 Å². The predicted octanol–water partition coefficient (Wildman–Crippen LogP) is -7.57. The third-order valence-corrected chi connectivity index (χ3v) is 6.07. The molecule has 0 spiro atoms. The Morgan fingerprint density at radius 1 is 0.500 bits per heavy atom. The molecular weight excluding hydrogens is 472 g/mol. The van der Waals surface area contributed by atoms with Gasteiger partial charge in [0.25, 0.3) is 0 Å². The fourth-order valence-electron chi connectivity index (χ4n) is 3.94. The molecule has 16 heteroatoms. The van der Waals surface area contributed by atoms with Crippen LogP contribution in [0.3, 0.4) is 0 Å². The van der Waals surface area contributed by atoms with Crippen LogP contribution in [0, 0.1) is 0 Å². The first-order chi connectivity index (χ1) is 16.0. The standard InChI is InChI=1S/C18H32O16/c19-1-4-7(21)10(24)12(26)17(32-4)30-3-6-9(23)15(14(28)16(29)31-6)34-18-13(27)11(25)8(22)5(2-20)33-18/h4-29H,1-3H2/t4-,5-,6-,7-,8-,9-,10+,11+,12-,13-,14-,15+,16+,17+,18+/m1/s1. The molecule has 0 aromatic heterocycles. The van der Waals surface area contributed by atoms with E-state index >= 15 is 0 Å². The van der Waals surface area contributed by atoms with E-state index in [-0.39, 0.29) is 0 Å². The Balaban J connectivity index is 1.65. The minimum absolute atomic E-state index is 0.609. The monoisotopic (exact) mass is 504 g/mol. The minimum Gasteiger partial charge on any atom is -0.394 e. The Morgan fingerprint density at radius 3 is 1.53 bits per heavy atom. The fraction of sp³-hybridized carbons (Fsp3) is 1.00. The van der Waals surface area contributed by atoms with Gasteiger partial charge in [-0.2, -0.15) is 0 Å². The Morgan fingerprint density at radius 2 is 1.00 bits per heavy atom. The lowest BCUT2D eigenvalue weighted by Gasteiger charge is -2.45. The highest BCUT2D eigenvalue weighted by Crippen LogP contribution is 2.29. The molecule has 15 atom stereocenters. The largest absolute Gasteiger partial charge is 0.394 e. The van der Waals surface area contributed by atoms with Gasteiger partial charge in [0.1, 0.15) is 73.2 Å². The van der Waals surface area contributed by atoms with Crippen molar-refractivity contribution >= 4 is 0 Å². The predicted molar refractivity (Wildman–Crippen MR) is 101 cm³/mol. The number of aliphatic hydroxyl groups excluding tert-OH is 11. The molecule has 0 aliphatic carbocycles. The SMILES string of the molecule is OC[C@H]1O[C@@H](O[C@@H]2[C@@H](O)[C@@H](O)O[C@H](CO[C@H]3O[C@H](CO)[C@@H](O)[C@H](O)[C@H]3O)[C@H]2O)[C@H](O)[C@@H](O)[C@@H]1O. The van der Waals surface area contributed by atoms with Crippen LogP contribution in [0.2, 0.25) is 0 Å². The van der Waals surface area contributed by atoms with E-state index in [1.54, 1.807) is 0 Å². The molecule has 0 radical (unpaired) electrons. The summed E-state index contributed by atoms with van der Waals surface area (Å²) in [7, 11) is 0. The maximum absolute atomic E-state index is 10.6. The van der Waals surface area contributed by atoms with Crippen molar-refractivity contribution in [1.29, 1.82) is 0 Å². The highest BCUT2D eigenvalue weighted by molar-refractivity contribution is 4.94. The summed E-state index contributed by atoms with van der Waals surface area (Å²) >= 11 is 0. The second kappa shape index (κ2) is 11.6. The van der Waals surface area contributed by atoms with Gasteiger partial charge in [0, 0.05) is 0 Å². The van der Waals surface area contributed by atoms with Gasteiger partial charge in [-0.3, -0.25) is 0 Å².